The van der Waals surface area contributed by atoms with E-state index in [1.807, 2.05) is 20.2 Å². The molecule has 7 heteroatoms. The smallest absolute Gasteiger partial charge is 0.216 e. The van der Waals surface area contributed by atoms with Crippen LogP contribution in [0.15, 0.2) is 6.20 Å². The molecule has 2 N–H and O–H groups in total. The summed E-state index contributed by atoms with van der Waals surface area (Å²) in [5.74, 6) is 0. The summed E-state index contributed by atoms with van der Waals surface area (Å²) >= 11 is 0. The fraction of sp³-hybridized carbons (Fsp3) is 0.727. The molecule has 0 amide bonds. The highest BCUT2D eigenvalue weighted by Crippen LogP contribution is 2.12. The molecule has 0 spiro atoms. The zero-order valence-electron chi connectivity index (χ0n) is 10.8. The van der Waals surface area contributed by atoms with Crippen molar-refractivity contribution < 1.29 is 8.42 Å². The first-order valence-electron chi connectivity index (χ1n) is 6.17. The molecule has 18 heavy (non-hydrogen) atoms. The second kappa shape index (κ2) is 5.38. The van der Waals surface area contributed by atoms with Gasteiger partial charge in [0.25, 0.3) is 0 Å². The fourth-order valence-corrected chi connectivity index (χ4v) is 3.61. The van der Waals surface area contributed by atoms with Gasteiger partial charge in [-0.1, -0.05) is 0 Å². The molecule has 0 saturated carbocycles. The maximum Gasteiger partial charge on any atom is 0.216 e. The maximum absolute atomic E-state index is 12.1. The number of nitrogens with zero attached hydrogens (tertiary/aromatic N) is 2. The SMILES string of the molecule is Cc1nn(C)cc1CNS(=O)(=O)C1CCCNC1. The quantitative estimate of drug-likeness (QED) is 0.802. The Balaban J connectivity index is 1.98. The first-order valence-corrected chi connectivity index (χ1v) is 7.72. The molecule has 1 atom stereocenters. The number of aryl methyl sites for hydroxylation is 2. The molecular weight excluding hydrogens is 252 g/mol. The lowest BCUT2D eigenvalue weighted by molar-refractivity contribution is 0.490. The highest BCUT2D eigenvalue weighted by molar-refractivity contribution is 7.90. The minimum absolute atomic E-state index is 0.316. The summed E-state index contributed by atoms with van der Waals surface area (Å²) in [5, 5.41) is 7.00. The number of rotatable bonds is 4. The van der Waals surface area contributed by atoms with Crippen molar-refractivity contribution in [3.63, 3.8) is 0 Å². The molecule has 1 saturated heterocycles. The van der Waals surface area contributed by atoms with E-state index >= 15 is 0 Å². The Bertz CT molecular complexity index is 503. The Morgan fingerprint density at radius 1 is 1.61 bits per heavy atom. The standard InChI is InChI=1S/C11H20N4O2S/c1-9-10(8-15(2)14-9)6-13-18(16,17)11-4-3-5-12-7-11/h8,11-13H,3-7H2,1-2H3. The van der Waals surface area contributed by atoms with Gasteiger partial charge in [-0.3, -0.25) is 4.68 Å². The van der Waals surface area contributed by atoms with Gasteiger partial charge in [0.15, 0.2) is 0 Å². The van der Waals surface area contributed by atoms with Crippen LogP contribution in [0.2, 0.25) is 0 Å². The number of nitrogens with one attached hydrogen (secondary N) is 2. The molecule has 1 aromatic heterocycles. The summed E-state index contributed by atoms with van der Waals surface area (Å²) in [5.41, 5.74) is 1.78. The van der Waals surface area contributed by atoms with E-state index in [4.69, 9.17) is 0 Å². The monoisotopic (exact) mass is 272 g/mol. The van der Waals surface area contributed by atoms with Gasteiger partial charge >= 0.3 is 0 Å². The van der Waals surface area contributed by atoms with E-state index in [1.165, 1.54) is 0 Å². The summed E-state index contributed by atoms with van der Waals surface area (Å²) in [4.78, 5) is 0. The molecule has 2 rings (SSSR count). The summed E-state index contributed by atoms with van der Waals surface area (Å²) in [6.07, 6.45) is 3.49. The lowest BCUT2D eigenvalue weighted by atomic mass is 10.2. The van der Waals surface area contributed by atoms with Crippen LogP contribution in [-0.4, -0.2) is 36.5 Å². The van der Waals surface area contributed by atoms with Gasteiger partial charge in [0.1, 0.15) is 0 Å². The van der Waals surface area contributed by atoms with E-state index in [0.29, 0.717) is 13.1 Å². The third-order valence-electron chi connectivity index (χ3n) is 3.27. The van der Waals surface area contributed by atoms with Crippen LogP contribution in [0.5, 0.6) is 0 Å². The average Bonchev–Trinajstić information content (AvgIpc) is 2.67. The highest BCUT2D eigenvalue weighted by atomic mass is 32.2. The molecule has 1 unspecified atom stereocenters. The molecular formula is C11H20N4O2S. The zero-order valence-corrected chi connectivity index (χ0v) is 11.6. The molecule has 0 bridgehead atoms. The third kappa shape index (κ3) is 3.09. The van der Waals surface area contributed by atoms with Crippen molar-refractivity contribution in [1.29, 1.82) is 0 Å². The van der Waals surface area contributed by atoms with E-state index in [1.54, 1.807) is 4.68 Å². The zero-order chi connectivity index (χ0) is 13.2. The van der Waals surface area contributed by atoms with Crippen molar-refractivity contribution in [2.75, 3.05) is 13.1 Å². The minimum Gasteiger partial charge on any atom is -0.315 e. The van der Waals surface area contributed by atoms with Crippen molar-refractivity contribution in [2.45, 2.75) is 31.6 Å². The molecule has 1 aliphatic heterocycles. The number of piperidine rings is 1. The Labute approximate surface area is 108 Å². The maximum atomic E-state index is 12.1. The molecule has 1 aromatic rings. The molecule has 0 aromatic carbocycles. The predicted molar refractivity (Wildman–Crippen MR) is 69.6 cm³/mol. The van der Waals surface area contributed by atoms with Gasteiger partial charge < -0.3 is 5.32 Å². The van der Waals surface area contributed by atoms with E-state index in [9.17, 15) is 8.42 Å². The highest BCUT2D eigenvalue weighted by Gasteiger charge is 2.26. The molecule has 0 radical (unpaired) electrons. The van der Waals surface area contributed by atoms with Crippen molar-refractivity contribution >= 4 is 10.0 Å². The molecule has 0 aliphatic carbocycles. The first-order chi connectivity index (χ1) is 8.49. The van der Waals surface area contributed by atoms with Crippen LogP contribution in [-0.2, 0) is 23.6 Å². The van der Waals surface area contributed by atoms with Gasteiger partial charge in [0.05, 0.1) is 10.9 Å². The molecule has 1 aliphatic rings. The van der Waals surface area contributed by atoms with Gasteiger partial charge in [-0.05, 0) is 26.3 Å². The largest absolute Gasteiger partial charge is 0.315 e. The van der Waals surface area contributed by atoms with Gasteiger partial charge in [-0.25, -0.2) is 13.1 Å². The average molecular weight is 272 g/mol. The second-order valence-electron chi connectivity index (χ2n) is 4.75. The Hall–Kier alpha value is -0.920. The number of sulfonamides is 1. The lowest BCUT2D eigenvalue weighted by Gasteiger charge is -2.22. The van der Waals surface area contributed by atoms with Crippen LogP contribution in [0.25, 0.3) is 0 Å². The summed E-state index contributed by atoms with van der Waals surface area (Å²) in [7, 11) is -1.41. The van der Waals surface area contributed by atoms with Crippen LogP contribution in [0, 0.1) is 6.92 Å². The van der Waals surface area contributed by atoms with Crippen LogP contribution < -0.4 is 10.0 Å². The van der Waals surface area contributed by atoms with Gasteiger partial charge in [0, 0.05) is 31.9 Å². The van der Waals surface area contributed by atoms with Crippen LogP contribution >= 0.6 is 0 Å². The lowest BCUT2D eigenvalue weighted by Crippen LogP contribution is -2.44. The topological polar surface area (TPSA) is 76.0 Å². The van der Waals surface area contributed by atoms with Crippen molar-refractivity contribution in [2.24, 2.45) is 7.05 Å². The number of hydrogen-bond acceptors (Lipinski definition) is 4. The van der Waals surface area contributed by atoms with Crippen LogP contribution in [0.1, 0.15) is 24.1 Å². The summed E-state index contributed by atoms with van der Waals surface area (Å²) in [6.45, 7) is 3.65. The van der Waals surface area contributed by atoms with Gasteiger partial charge in [-0.2, -0.15) is 5.10 Å². The summed E-state index contributed by atoms with van der Waals surface area (Å²) in [6, 6.07) is 0. The van der Waals surface area contributed by atoms with Gasteiger partial charge in [-0.15, -0.1) is 0 Å². The minimum atomic E-state index is -3.24. The Kier molecular flexibility index (Phi) is 4.04. The van der Waals surface area contributed by atoms with E-state index in [2.05, 4.69) is 15.1 Å². The van der Waals surface area contributed by atoms with E-state index in [-0.39, 0.29) is 5.25 Å². The van der Waals surface area contributed by atoms with Crippen LogP contribution in [0.4, 0.5) is 0 Å². The van der Waals surface area contributed by atoms with E-state index < -0.39 is 10.0 Å². The number of aromatic nitrogens is 2. The van der Waals surface area contributed by atoms with Crippen molar-refractivity contribution in [3.8, 4) is 0 Å². The summed E-state index contributed by atoms with van der Waals surface area (Å²) < 4.78 is 28.6. The van der Waals surface area contributed by atoms with E-state index in [0.717, 1.165) is 30.6 Å². The molecule has 2 heterocycles. The van der Waals surface area contributed by atoms with Crippen molar-refractivity contribution in [3.05, 3.63) is 17.5 Å². The predicted octanol–water partition coefficient (Wildman–Crippen LogP) is -0.100. The molecule has 1 fully saturated rings. The Morgan fingerprint density at radius 3 is 2.94 bits per heavy atom. The Morgan fingerprint density at radius 2 is 2.39 bits per heavy atom. The van der Waals surface area contributed by atoms with Crippen molar-refractivity contribution in [1.82, 2.24) is 19.8 Å². The molecule has 102 valence electrons. The second-order valence-corrected chi connectivity index (χ2v) is 6.79. The number of hydrogen-bond donors (Lipinski definition) is 2. The van der Waals surface area contributed by atoms with Crippen LogP contribution in [0.3, 0.4) is 0 Å². The third-order valence-corrected chi connectivity index (χ3v) is 5.10. The molecule has 6 nitrogen and oxygen atoms in total. The van der Waals surface area contributed by atoms with Gasteiger partial charge in [0.2, 0.25) is 10.0 Å². The fourth-order valence-electron chi connectivity index (χ4n) is 2.20. The normalized spacial score (nSPS) is 21.1. The first kappa shape index (κ1) is 13.5.